The molecule has 0 radical (unpaired) electrons. The SMILES string of the molecule is CCCCC/C=C/CCCCCCCCCC1N=CCN1CCO. The number of unbranched alkanes of at least 4 members (excludes halogenated alkanes) is 10. The molecule has 1 aliphatic rings. The molecule has 1 aliphatic heterocycles. The second-order valence-corrected chi connectivity index (χ2v) is 7.05. The zero-order chi connectivity index (χ0) is 17.3. The fourth-order valence-electron chi connectivity index (χ4n) is 3.34. The van der Waals surface area contributed by atoms with Gasteiger partial charge in [0.2, 0.25) is 0 Å². The molecular weight excluding hydrogens is 296 g/mol. The van der Waals surface area contributed by atoms with Gasteiger partial charge in [-0.15, -0.1) is 0 Å². The highest BCUT2D eigenvalue weighted by Gasteiger charge is 2.19. The maximum Gasteiger partial charge on any atom is 0.102 e. The predicted octanol–water partition coefficient (Wildman–Crippen LogP) is 5.34. The van der Waals surface area contributed by atoms with Gasteiger partial charge in [-0.1, -0.05) is 64.0 Å². The molecule has 0 aromatic carbocycles. The molecule has 0 fully saturated rings. The number of β-amino-alcohol motifs (C(OH)–C–C–N with tert-alkyl or cyclic N) is 1. The maximum absolute atomic E-state index is 9.04. The van der Waals surface area contributed by atoms with Gasteiger partial charge in [0.15, 0.2) is 0 Å². The van der Waals surface area contributed by atoms with E-state index < -0.39 is 0 Å². The van der Waals surface area contributed by atoms with Gasteiger partial charge in [-0.2, -0.15) is 0 Å². The smallest absolute Gasteiger partial charge is 0.102 e. The first-order valence-corrected chi connectivity index (χ1v) is 10.4. The van der Waals surface area contributed by atoms with E-state index in [2.05, 4.69) is 29.0 Å². The van der Waals surface area contributed by atoms with Crippen LogP contribution in [-0.2, 0) is 0 Å². The Labute approximate surface area is 150 Å². The first-order valence-electron chi connectivity index (χ1n) is 10.4. The number of hydrogen-bond donors (Lipinski definition) is 1. The molecule has 1 atom stereocenters. The summed E-state index contributed by atoms with van der Waals surface area (Å²) in [5.41, 5.74) is 0. The minimum Gasteiger partial charge on any atom is -0.395 e. The number of aliphatic hydroxyl groups is 1. The van der Waals surface area contributed by atoms with Crippen molar-refractivity contribution in [2.75, 3.05) is 19.7 Å². The van der Waals surface area contributed by atoms with Crippen LogP contribution < -0.4 is 0 Å². The summed E-state index contributed by atoms with van der Waals surface area (Å²) >= 11 is 0. The van der Waals surface area contributed by atoms with Gasteiger partial charge < -0.3 is 5.11 Å². The molecule has 1 rings (SSSR count). The number of aliphatic imine (C=N–C) groups is 1. The van der Waals surface area contributed by atoms with Crippen LogP contribution in [0.4, 0.5) is 0 Å². The van der Waals surface area contributed by atoms with E-state index in [0.717, 1.165) is 19.5 Å². The van der Waals surface area contributed by atoms with E-state index in [4.69, 9.17) is 5.11 Å². The summed E-state index contributed by atoms with van der Waals surface area (Å²) in [7, 11) is 0. The van der Waals surface area contributed by atoms with Crippen LogP contribution in [0.5, 0.6) is 0 Å². The molecule has 1 heterocycles. The van der Waals surface area contributed by atoms with E-state index in [1.165, 1.54) is 77.0 Å². The summed E-state index contributed by atoms with van der Waals surface area (Å²) in [5, 5.41) is 9.04. The molecule has 0 amide bonds. The average Bonchev–Trinajstić information content (AvgIpc) is 3.03. The van der Waals surface area contributed by atoms with Crippen molar-refractivity contribution in [2.45, 2.75) is 96.6 Å². The van der Waals surface area contributed by atoms with Crippen LogP contribution in [-0.4, -0.2) is 42.1 Å². The summed E-state index contributed by atoms with van der Waals surface area (Å²) in [6.45, 7) is 4.18. The largest absolute Gasteiger partial charge is 0.395 e. The van der Waals surface area contributed by atoms with Crippen molar-refractivity contribution >= 4 is 6.21 Å². The van der Waals surface area contributed by atoms with Gasteiger partial charge in [-0.25, -0.2) is 0 Å². The third kappa shape index (κ3) is 11.0. The van der Waals surface area contributed by atoms with Gasteiger partial charge >= 0.3 is 0 Å². The fourth-order valence-corrected chi connectivity index (χ4v) is 3.34. The van der Waals surface area contributed by atoms with Crippen LogP contribution in [0.2, 0.25) is 0 Å². The van der Waals surface area contributed by atoms with Gasteiger partial charge in [-0.05, 0) is 38.5 Å². The molecule has 1 N–H and O–H groups in total. The molecule has 0 saturated carbocycles. The van der Waals surface area contributed by atoms with Gasteiger partial charge in [0.05, 0.1) is 6.61 Å². The molecule has 0 aromatic heterocycles. The molecule has 0 aromatic rings. The summed E-state index contributed by atoms with van der Waals surface area (Å²) in [6, 6.07) is 0. The Morgan fingerprint density at radius 1 is 0.958 bits per heavy atom. The molecule has 3 nitrogen and oxygen atoms in total. The van der Waals surface area contributed by atoms with Gasteiger partial charge in [0, 0.05) is 19.3 Å². The van der Waals surface area contributed by atoms with Crippen molar-refractivity contribution in [3.05, 3.63) is 12.2 Å². The van der Waals surface area contributed by atoms with Crippen LogP contribution >= 0.6 is 0 Å². The third-order valence-corrected chi connectivity index (χ3v) is 4.88. The number of allylic oxidation sites excluding steroid dienone is 2. The molecule has 1 unspecified atom stereocenters. The monoisotopic (exact) mass is 336 g/mol. The lowest BCUT2D eigenvalue weighted by Gasteiger charge is -2.21. The maximum atomic E-state index is 9.04. The zero-order valence-electron chi connectivity index (χ0n) is 16.0. The molecule has 0 saturated heterocycles. The van der Waals surface area contributed by atoms with E-state index in [1.54, 1.807) is 0 Å². The normalized spacial score (nSPS) is 18.2. The van der Waals surface area contributed by atoms with E-state index in [0.29, 0.717) is 6.17 Å². The molecule has 3 heteroatoms. The Kier molecular flexibility index (Phi) is 14.1. The lowest BCUT2D eigenvalue weighted by molar-refractivity contribution is 0.176. The van der Waals surface area contributed by atoms with E-state index in [-0.39, 0.29) is 6.61 Å². The van der Waals surface area contributed by atoms with E-state index in [9.17, 15) is 0 Å². The Morgan fingerprint density at radius 2 is 1.58 bits per heavy atom. The van der Waals surface area contributed by atoms with Crippen LogP contribution in [0.3, 0.4) is 0 Å². The highest BCUT2D eigenvalue weighted by Crippen LogP contribution is 2.16. The predicted molar refractivity (Wildman–Crippen MR) is 106 cm³/mol. The first kappa shape index (κ1) is 21.4. The zero-order valence-corrected chi connectivity index (χ0v) is 16.0. The number of hydrogen-bond acceptors (Lipinski definition) is 3. The second-order valence-electron chi connectivity index (χ2n) is 7.05. The molecule has 140 valence electrons. The molecule has 0 spiro atoms. The van der Waals surface area contributed by atoms with E-state index >= 15 is 0 Å². The van der Waals surface area contributed by atoms with E-state index in [1.807, 2.05) is 6.21 Å². The molecule has 0 bridgehead atoms. The van der Waals surface area contributed by atoms with Gasteiger partial charge in [-0.3, -0.25) is 9.89 Å². The summed E-state index contributed by atoms with van der Waals surface area (Å²) < 4.78 is 0. The second kappa shape index (κ2) is 15.8. The quantitative estimate of drug-likeness (QED) is 0.305. The lowest BCUT2D eigenvalue weighted by Crippen LogP contribution is -2.32. The van der Waals surface area contributed by atoms with Crippen molar-refractivity contribution in [2.24, 2.45) is 4.99 Å². The van der Waals surface area contributed by atoms with Crippen molar-refractivity contribution in [1.29, 1.82) is 0 Å². The Hall–Kier alpha value is -0.670. The van der Waals surface area contributed by atoms with Crippen LogP contribution in [0.15, 0.2) is 17.1 Å². The van der Waals surface area contributed by atoms with Crippen LogP contribution in [0, 0.1) is 0 Å². The number of nitrogens with zero attached hydrogens (tertiary/aromatic N) is 2. The summed E-state index contributed by atoms with van der Waals surface area (Å²) in [4.78, 5) is 6.79. The summed E-state index contributed by atoms with van der Waals surface area (Å²) in [6.07, 6.45) is 24.3. The number of aliphatic hydroxyl groups excluding tert-OH is 1. The summed E-state index contributed by atoms with van der Waals surface area (Å²) in [5.74, 6) is 0. The van der Waals surface area contributed by atoms with Gasteiger partial charge in [0.25, 0.3) is 0 Å². The highest BCUT2D eigenvalue weighted by atomic mass is 16.3. The van der Waals surface area contributed by atoms with Crippen molar-refractivity contribution in [1.82, 2.24) is 4.90 Å². The average molecular weight is 337 g/mol. The van der Waals surface area contributed by atoms with Crippen LogP contribution in [0.1, 0.15) is 90.4 Å². The molecular formula is C21H40N2O. The van der Waals surface area contributed by atoms with Gasteiger partial charge in [0.1, 0.15) is 6.17 Å². The number of rotatable bonds is 16. The Bertz CT molecular complexity index is 328. The minimum absolute atomic E-state index is 0.244. The highest BCUT2D eigenvalue weighted by molar-refractivity contribution is 5.62. The first-order chi connectivity index (χ1) is 11.9. The molecule has 0 aliphatic carbocycles. The third-order valence-electron chi connectivity index (χ3n) is 4.88. The topological polar surface area (TPSA) is 35.8 Å². The Balaban J connectivity index is 1.81. The lowest BCUT2D eigenvalue weighted by atomic mass is 10.1. The Morgan fingerprint density at radius 3 is 2.25 bits per heavy atom. The van der Waals surface area contributed by atoms with Crippen molar-refractivity contribution in [3.63, 3.8) is 0 Å². The van der Waals surface area contributed by atoms with Crippen LogP contribution in [0.25, 0.3) is 0 Å². The fraction of sp³-hybridized carbons (Fsp3) is 0.857. The standard InChI is InChI=1S/C21H40N2O/c1-2-3-4-5-6-7-8-9-10-11-12-13-14-15-16-21-22-17-18-23(21)19-20-24/h6-7,17,21,24H,2-5,8-16,18-20H2,1H3/b7-6+. The van der Waals surface area contributed by atoms with Crippen molar-refractivity contribution in [3.8, 4) is 0 Å². The minimum atomic E-state index is 0.244. The van der Waals surface area contributed by atoms with Crippen molar-refractivity contribution < 1.29 is 5.11 Å². The molecule has 24 heavy (non-hydrogen) atoms.